The molecule has 0 bridgehead atoms. The van der Waals surface area contributed by atoms with Gasteiger partial charge in [0.2, 0.25) is 0 Å². The maximum Gasteiger partial charge on any atom is 0.295 e. The van der Waals surface area contributed by atoms with Crippen LogP contribution in [0.3, 0.4) is 0 Å². The summed E-state index contributed by atoms with van der Waals surface area (Å²) in [5.74, 6) is -0.859. The van der Waals surface area contributed by atoms with E-state index < -0.39 is 17.7 Å². The first-order valence-corrected chi connectivity index (χ1v) is 9.94. The van der Waals surface area contributed by atoms with E-state index in [4.69, 9.17) is 9.47 Å². The number of benzene rings is 2. The first-order chi connectivity index (χ1) is 14.4. The fraction of sp³-hybridized carbons (Fsp3) is 0.333. The first kappa shape index (κ1) is 21.6. The fourth-order valence-corrected chi connectivity index (χ4v) is 3.76. The van der Waals surface area contributed by atoms with Crippen LogP contribution in [0.2, 0.25) is 0 Å². The molecule has 30 heavy (non-hydrogen) atoms. The normalized spacial score (nSPS) is 18.1. The number of hydrogen-bond acceptors (Lipinski definition) is 5. The molecule has 0 aliphatic carbocycles. The van der Waals surface area contributed by atoms with E-state index in [1.165, 1.54) is 4.90 Å². The molecule has 158 valence electrons. The second-order valence-electron chi connectivity index (χ2n) is 7.26. The van der Waals surface area contributed by atoms with Gasteiger partial charge in [0.05, 0.1) is 25.3 Å². The molecule has 1 aliphatic rings. The Balaban J connectivity index is 2.16. The number of ketones is 1. The summed E-state index contributed by atoms with van der Waals surface area (Å²) in [6.45, 7) is 4.42. The minimum absolute atomic E-state index is 0.0913. The molecule has 1 fully saturated rings. The summed E-state index contributed by atoms with van der Waals surface area (Å²) in [7, 11) is 3.11. The van der Waals surface area contributed by atoms with Gasteiger partial charge < -0.3 is 19.5 Å². The van der Waals surface area contributed by atoms with E-state index in [1.807, 2.05) is 31.2 Å². The molecule has 1 heterocycles. The molecule has 3 rings (SSSR count). The van der Waals surface area contributed by atoms with Crippen LogP contribution in [0.1, 0.15) is 35.2 Å². The summed E-state index contributed by atoms with van der Waals surface area (Å²) in [4.78, 5) is 27.2. The van der Waals surface area contributed by atoms with E-state index in [0.29, 0.717) is 11.3 Å². The molecule has 2 aromatic rings. The third-order valence-electron chi connectivity index (χ3n) is 5.47. The van der Waals surface area contributed by atoms with E-state index >= 15 is 0 Å². The number of methoxy groups -OCH3 is 2. The van der Waals surface area contributed by atoms with E-state index in [0.717, 1.165) is 23.1 Å². The van der Waals surface area contributed by atoms with Crippen LogP contribution in [0.4, 0.5) is 0 Å². The quantitative estimate of drug-likeness (QED) is 0.429. The van der Waals surface area contributed by atoms with Crippen molar-refractivity contribution in [1.82, 2.24) is 4.90 Å². The molecule has 1 N–H and O–H groups in total. The Labute approximate surface area is 176 Å². The average Bonchev–Trinajstić information content (AvgIpc) is 3.01. The van der Waals surface area contributed by atoms with Crippen molar-refractivity contribution in [2.45, 2.75) is 26.3 Å². The highest BCUT2D eigenvalue weighted by atomic mass is 16.5. The van der Waals surface area contributed by atoms with Gasteiger partial charge >= 0.3 is 0 Å². The van der Waals surface area contributed by atoms with E-state index in [9.17, 15) is 14.7 Å². The van der Waals surface area contributed by atoms with Crippen molar-refractivity contribution >= 4 is 17.4 Å². The summed E-state index contributed by atoms with van der Waals surface area (Å²) in [5, 5.41) is 11.1. The van der Waals surface area contributed by atoms with Crippen molar-refractivity contribution in [1.29, 1.82) is 0 Å². The lowest BCUT2D eigenvalue weighted by molar-refractivity contribution is -0.140. The van der Waals surface area contributed by atoms with Gasteiger partial charge in [-0.25, -0.2) is 0 Å². The summed E-state index contributed by atoms with van der Waals surface area (Å²) in [6.07, 6.45) is 0.884. The van der Waals surface area contributed by atoms with Gasteiger partial charge in [0.25, 0.3) is 11.7 Å². The lowest BCUT2D eigenvalue weighted by Crippen LogP contribution is -2.32. The third-order valence-corrected chi connectivity index (χ3v) is 5.47. The van der Waals surface area contributed by atoms with Gasteiger partial charge in [-0.1, -0.05) is 31.2 Å². The highest BCUT2D eigenvalue weighted by Gasteiger charge is 2.45. The van der Waals surface area contributed by atoms with Crippen LogP contribution in [-0.4, -0.2) is 49.1 Å². The maximum atomic E-state index is 13.0. The van der Waals surface area contributed by atoms with Gasteiger partial charge in [-0.05, 0) is 48.2 Å². The fourth-order valence-electron chi connectivity index (χ4n) is 3.76. The molecule has 0 spiro atoms. The molecular weight excluding hydrogens is 382 g/mol. The van der Waals surface area contributed by atoms with Gasteiger partial charge in [-0.2, -0.15) is 0 Å². The van der Waals surface area contributed by atoms with E-state index in [2.05, 4.69) is 6.92 Å². The molecule has 0 aromatic heterocycles. The van der Waals surface area contributed by atoms with Gasteiger partial charge in [0, 0.05) is 19.2 Å². The van der Waals surface area contributed by atoms with E-state index in [-0.39, 0.29) is 24.5 Å². The van der Waals surface area contributed by atoms with Gasteiger partial charge in [-0.15, -0.1) is 0 Å². The minimum Gasteiger partial charge on any atom is -0.507 e. The maximum absolute atomic E-state index is 13.0. The number of aryl methyl sites for hydroxylation is 2. The van der Waals surface area contributed by atoms with Crippen molar-refractivity contribution < 1.29 is 24.2 Å². The summed E-state index contributed by atoms with van der Waals surface area (Å²) in [5.41, 5.74) is 3.26. The number of ether oxygens (including phenoxy) is 2. The molecule has 1 amide bonds. The number of rotatable bonds is 7. The van der Waals surface area contributed by atoms with Crippen molar-refractivity contribution in [3.63, 3.8) is 0 Å². The zero-order chi connectivity index (χ0) is 21.8. The van der Waals surface area contributed by atoms with Crippen molar-refractivity contribution in [3.05, 3.63) is 70.3 Å². The molecule has 0 radical (unpaired) electrons. The zero-order valence-corrected chi connectivity index (χ0v) is 17.8. The molecule has 6 heteroatoms. The predicted octanol–water partition coefficient (Wildman–Crippen LogP) is 3.63. The standard InChI is InChI=1S/C24H27NO5/c1-5-16-6-8-17(9-7-16)21-20(23(27)24(28)25(21)12-13-29-3)22(26)19-11-10-18(30-4)14-15(19)2/h6-11,14,21,26H,5,12-13H2,1-4H3/b22-20+/t21-/m0/s1. The molecule has 1 saturated heterocycles. The largest absolute Gasteiger partial charge is 0.507 e. The molecule has 0 saturated carbocycles. The van der Waals surface area contributed by atoms with Gasteiger partial charge in [0.15, 0.2) is 0 Å². The second-order valence-corrected chi connectivity index (χ2v) is 7.26. The number of aliphatic hydroxyl groups excluding tert-OH is 1. The number of amides is 1. The summed E-state index contributed by atoms with van der Waals surface area (Å²) in [6, 6.07) is 12.3. The highest BCUT2D eigenvalue weighted by molar-refractivity contribution is 6.46. The van der Waals surface area contributed by atoms with Crippen molar-refractivity contribution in [2.75, 3.05) is 27.4 Å². The monoisotopic (exact) mass is 409 g/mol. The SMILES string of the molecule is CCc1ccc([C@H]2/C(=C(\O)c3ccc(OC)cc3C)C(=O)C(=O)N2CCOC)cc1. The van der Waals surface area contributed by atoms with Crippen molar-refractivity contribution in [2.24, 2.45) is 0 Å². The number of likely N-dealkylation sites (tertiary alicyclic amines) is 1. The number of carbonyl (C=O) groups is 2. The minimum atomic E-state index is -0.691. The Morgan fingerprint density at radius 3 is 2.37 bits per heavy atom. The Kier molecular flexibility index (Phi) is 6.57. The van der Waals surface area contributed by atoms with Crippen LogP contribution in [-0.2, 0) is 20.7 Å². The molecule has 1 aliphatic heterocycles. The smallest absolute Gasteiger partial charge is 0.295 e. The van der Waals surface area contributed by atoms with E-state index in [1.54, 1.807) is 32.4 Å². The molecule has 6 nitrogen and oxygen atoms in total. The van der Waals surface area contributed by atoms with Gasteiger partial charge in [-0.3, -0.25) is 9.59 Å². The third kappa shape index (κ3) is 3.96. The summed E-state index contributed by atoms with van der Waals surface area (Å²) < 4.78 is 10.4. The Hall–Kier alpha value is -3.12. The number of aliphatic hydroxyl groups is 1. The highest BCUT2D eigenvalue weighted by Crippen LogP contribution is 2.40. The Bertz CT molecular complexity index is 978. The number of Topliss-reactive ketones (excluding diaryl/α,β-unsaturated/α-hetero) is 1. The zero-order valence-electron chi connectivity index (χ0n) is 17.8. The molecule has 2 aromatic carbocycles. The number of nitrogens with zero attached hydrogens (tertiary/aromatic N) is 1. The molecular formula is C24H27NO5. The average molecular weight is 409 g/mol. The van der Waals surface area contributed by atoms with Gasteiger partial charge in [0.1, 0.15) is 11.5 Å². The number of hydrogen-bond donors (Lipinski definition) is 1. The van der Waals surface area contributed by atoms with Crippen LogP contribution in [0.15, 0.2) is 48.0 Å². The van der Waals surface area contributed by atoms with Crippen LogP contribution in [0.25, 0.3) is 5.76 Å². The number of carbonyl (C=O) groups excluding carboxylic acids is 2. The van der Waals surface area contributed by atoms with Crippen LogP contribution in [0.5, 0.6) is 5.75 Å². The Morgan fingerprint density at radius 2 is 1.80 bits per heavy atom. The lowest BCUT2D eigenvalue weighted by Gasteiger charge is -2.25. The van der Waals surface area contributed by atoms with Crippen molar-refractivity contribution in [3.8, 4) is 5.75 Å². The lowest BCUT2D eigenvalue weighted by atomic mass is 9.93. The molecule has 1 atom stereocenters. The van der Waals surface area contributed by atoms with Crippen LogP contribution < -0.4 is 4.74 Å². The first-order valence-electron chi connectivity index (χ1n) is 9.94. The Morgan fingerprint density at radius 1 is 1.10 bits per heavy atom. The topological polar surface area (TPSA) is 76.1 Å². The van der Waals surface area contributed by atoms with Crippen LogP contribution in [0, 0.1) is 6.92 Å². The second kappa shape index (κ2) is 9.13. The predicted molar refractivity (Wildman–Crippen MR) is 114 cm³/mol. The van der Waals surface area contributed by atoms with Crippen LogP contribution >= 0.6 is 0 Å². The summed E-state index contributed by atoms with van der Waals surface area (Å²) >= 11 is 0. The molecule has 0 unspecified atom stereocenters.